The topological polar surface area (TPSA) is 35.5 Å². The molecule has 0 unspecified atom stereocenters. The Bertz CT molecular complexity index is 237. The number of ether oxygens (including phenoxy) is 2. The lowest BCUT2D eigenvalue weighted by Crippen LogP contribution is -2.15. The highest BCUT2D eigenvalue weighted by Crippen LogP contribution is 2.06. The molecule has 0 aliphatic rings. The van der Waals surface area contributed by atoms with Crippen LogP contribution >= 0.6 is 0 Å². The summed E-state index contributed by atoms with van der Waals surface area (Å²) >= 11 is 0. The van der Waals surface area contributed by atoms with E-state index in [4.69, 9.17) is 9.47 Å². The SMILES string of the molecule is CC(C)CCCCOCCCCCCOCC(=O)C(C)C. The number of unbranched alkanes of at least 4 members (excludes halogenated alkanes) is 4. The van der Waals surface area contributed by atoms with Crippen molar-refractivity contribution in [2.75, 3.05) is 26.4 Å². The fraction of sp³-hybridized carbons (Fsp3) is 0.944. The first-order valence-electron chi connectivity index (χ1n) is 8.72. The molecule has 0 fully saturated rings. The molecular weight excluding hydrogens is 264 g/mol. The van der Waals surface area contributed by atoms with E-state index in [1.54, 1.807) is 0 Å². The Labute approximate surface area is 131 Å². The molecule has 0 atom stereocenters. The molecule has 0 aromatic carbocycles. The van der Waals surface area contributed by atoms with Crippen LogP contribution in [-0.4, -0.2) is 32.2 Å². The maximum absolute atomic E-state index is 11.3. The molecule has 3 heteroatoms. The maximum atomic E-state index is 11.3. The van der Waals surface area contributed by atoms with E-state index in [0.717, 1.165) is 38.4 Å². The minimum Gasteiger partial charge on any atom is -0.381 e. The quantitative estimate of drug-likeness (QED) is 0.414. The van der Waals surface area contributed by atoms with Crippen LogP contribution in [0.1, 0.15) is 72.6 Å². The van der Waals surface area contributed by atoms with Gasteiger partial charge < -0.3 is 9.47 Å². The summed E-state index contributed by atoms with van der Waals surface area (Å²) in [6.45, 7) is 11.1. The Hall–Kier alpha value is -0.410. The van der Waals surface area contributed by atoms with Gasteiger partial charge in [-0.05, 0) is 25.2 Å². The van der Waals surface area contributed by atoms with Gasteiger partial charge in [0, 0.05) is 25.7 Å². The van der Waals surface area contributed by atoms with Crippen LogP contribution in [-0.2, 0) is 14.3 Å². The van der Waals surface area contributed by atoms with Crippen molar-refractivity contribution in [3.05, 3.63) is 0 Å². The molecule has 0 aliphatic carbocycles. The van der Waals surface area contributed by atoms with Crippen molar-refractivity contribution in [2.45, 2.75) is 72.6 Å². The zero-order chi connectivity index (χ0) is 15.9. The number of rotatable bonds is 15. The van der Waals surface area contributed by atoms with Crippen molar-refractivity contribution in [2.24, 2.45) is 11.8 Å². The fourth-order valence-corrected chi connectivity index (χ4v) is 1.96. The molecule has 0 amide bonds. The number of Topliss-reactive ketones (excluding diaryl/α,β-unsaturated/α-hetero) is 1. The van der Waals surface area contributed by atoms with Crippen molar-refractivity contribution >= 4 is 5.78 Å². The average molecular weight is 300 g/mol. The predicted molar refractivity (Wildman–Crippen MR) is 88.6 cm³/mol. The summed E-state index contributed by atoms with van der Waals surface area (Å²) in [7, 11) is 0. The molecule has 0 aromatic rings. The molecule has 0 saturated heterocycles. The molecule has 0 aromatic heterocycles. The molecule has 0 bridgehead atoms. The number of hydrogen-bond acceptors (Lipinski definition) is 3. The van der Waals surface area contributed by atoms with Gasteiger partial charge in [-0.1, -0.05) is 53.4 Å². The molecule has 3 nitrogen and oxygen atoms in total. The minimum absolute atomic E-state index is 0.0858. The van der Waals surface area contributed by atoms with Crippen molar-refractivity contribution in [1.29, 1.82) is 0 Å². The highest BCUT2D eigenvalue weighted by atomic mass is 16.5. The monoisotopic (exact) mass is 300 g/mol. The van der Waals surface area contributed by atoms with E-state index in [9.17, 15) is 4.79 Å². The van der Waals surface area contributed by atoms with Crippen LogP contribution in [0.25, 0.3) is 0 Å². The van der Waals surface area contributed by atoms with E-state index in [0.29, 0.717) is 6.61 Å². The second kappa shape index (κ2) is 14.5. The van der Waals surface area contributed by atoms with Gasteiger partial charge in [0.25, 0.3) is 0 Å². The normalized spacial score (nSPS) is 11.5. The largest absolute Gasteiger partial charge is 0.381 e. The second-order valence-electron chi connectivity index (χ2n) is 6.59. The molecule has 126 valence electrons. The average Bonchev–Trinajstić information content (AvgIpc) is 2.43. The molecule has 0 spiro atoms. The van der Waals surface area contributed by atoms with Gasteiger partial charge in [-0.15, -0.1) is 0 Å². The number of carbonyl (C=O) groups excluding carboxylic acids is 1. The summed E-state index contributed by atoms with van der Waals surface area (Å²) in [6, 6.07) is 0. The maximum Gasteiger partial charge on any atom is 0.160 e. The third-order valence-electron chi connectivity index (χ3n) is 3.54. The van der Waals surface area contributed by atoms with E-state index < -0.39 is 0 Å². The number of ketones is 1. The molecule has 0 aliphatic heterocycles. The number of carbonyl (C=O) groups is 1. The van der Waals surface area contributed by atoms with Crippen LogP contribution < -0.4 is 0 Å². The van der Waals surface area contributed by atoms with Crippen LogP contribution in [0, 0.1) is 11.8 Å². The van der Waals surface area contributed by atoms with Crippen molar-refractivity contribution in [3.63, 3.8) is 0 Å². The van der Waals surface area contributed by atoms with Gasteiger partial charge in [0.05, 0.1) is 0 Å². The molecule has 0 rings (SSSR count). The fourth-order valence-electron chi connectivity index (χ4n) is 1.96. The molecule has 0 radical (unpaired) electrons. The summed E-state index contributed by atoms with van der Waals surface area (Å²) < 4.78 is 11.0. The van der Waals surface area contributed by atoms with E-state index in [1.165, 1.54) is 25.7 Å². The van der Waals surface area contributed by atoms with Crippen LogP contribution in [0.5, 0.6) is 0 Å². The highest BCUT2D eigenvalue weighted by molar-refractivity contribution is 5.81. The van der Waals surface area contributed by atoms with Gasteiger partial charge >= 0.3 is 0 Å². The lowest BCUT2D eigenvalue weighted by atomic mass is 10.1. The van der Waals surface area contributed by atoms with Crippen LogP contribution in [0.2, 0.25) is 0 Å². The van der Waals surface area contributed by atoms with Crippen molar-refractivity contribution < 1.29 is 14.3 Å². The van der Waals surface area contributed by atoms with Gasteiger partial charge in [0.1, 0.15) is 6.61 Å². The summed E-state index contributed by atoms with van der Waals surface area (Å²) in [6.07, 6.45) is 8.30. The van der Waals surface area contributed by atoms with Crippen molar-refractivity contribution in [3.8, 4) is 0 Å². The van der Waals surface area contributed by atoms with Crippen LogP contribution in [0.3, 0.4) is 0 Å². The summed E-state index contributed by atoms with van der Waals surface area (Å²) in [5, 5.41) is 0. The van der Waals surface area contributed by atoms with E-state index >= 15 is 0 Å². The molecular formula is C18H36O3. The van der Waals surface area contributed by atoms with Gasteiger partial charge in [0.2, 0.25) is 0 Å². The standard InChI is InChI=1S/C18H36O3/c1-16(2)11-7-10-13-20-12-8-5-6-9-14-21-15-18(19)17(3)4/h16-17H,5-15H2,1-4H3. The molecule has 0 saturated carbocycles. The van der Waals surface area contributed by atoms with E-state index in [2.05, 4.69) is 13.8 Å². The highest BCUT2D eigenvalue weighted by Gasteiger charge is 2.06. The van der Waals surface area contributed by atoms with Gasteiger partial charge in [0.15, 0.2) is 5.78 Å². The predicted octanol–water partition coefficient (Wildman–Crippen LogP) is 4.63. The first-order chi connectivity index (χ1) is 10.0. The Morgan fingerprint density at radius 1 is 0.762 bits per heavy atom. The Kier molecular flexibility index (Phi) is 14.2. The minimum atomic E-state index is 0.0858. The number of hydrogen-bond donors (Lipinski definition) is 0. The zero-order valence-electron chi connectivity index (χ0n) is 14.7. The molecule has 21 heavy (non-hydrogen) atoms. The first kappa shape index (κ1) is 20.6. The van der Waals surface area contributed by atoms with E-state index in [-0.39, 0.29) is 18.3 Å². The first-order valence-corrected chi connectivity index (χ1v) is 8.72. The Morgan fingerprint density at radius 3 is 1.81 bits per heavy atom. The smallest absolute Gasteiger partial charge is 0.160 e. The van der Waals surface area contributed by atoms with Gasteiger partial charge in [-0.25, -0.2) is 0 Å². The third-order valence-corrected chi connectivity index (χ3v) is 3.54. The van der Waals surface area contributed by atoms with Gasteiger partial charge in [-0.2, -0.15) is 0 Å². The van der Waals surface area contributed by atoms with Crippen molar-refractivity contribution in [1.82, 2.24) is 0 Å². The third kappa shape index (κ3) is 15.8. The Morgan fingerprint density at radius 2 is 1.29 bits per heavy atom. The van der Waals surface area contributed by atoms with Gasteiger partial charge in [-0.3, -0.25) is 4.79 Å². The molecule has 0 N–H and O–H groups in total. The Balaban J connectivity index is 3.08. The summed E-state index contributed by atoms with van der Waals surface area (Å²) in [5.41, 5.74) is 0. The van der Waals surface area contributed by atoms with E-state index in [1.807, 2.05) is 13.8 Å². The zero-order valence-corrected chi connectivity index (χ0v) is 14.7. The lowest BCUT2D eigenvalue weighted by molar-refractivity contribution is -0.126. The molecule has 0 heterocycles. The van der Waals surface area contributed by atoms with Crippen LogP contribution in [0.4, 0.5) is 0 Å². The lowest BCUT2D eigenvalue weighted by Gasteiger charge is -2.07. The van der Waals surface area contributed by atoms with Crippen LogP contribution in [0.15, 0.2) is 0 Å². The second-order valence-corrected chi connectivity index (χ2v) is 6.59. The summed E-state index contributed by atoms with van der Waals surface area (Å²) in [5.74, 6) is 1.09. The summed E-state index contributed by atoms with van der Waals surface area (Å²) in [4.78, 5) is 11.3.